The highest BCUT2D eigenvalue weighted by atomic mass is 79.9. The Kier molecular flexibility index (Phi) is 3.76. The smallest absolute Gasteiger partial charge is 0.179 e. The average Bonchev–Trinajstić information content (AvgIpc) is 2.71. The van der Waals surface area contributed by atoms with Crippen molar-refractivity contribution in [1.29, 1.82) is 0 Å². The molecule has 0 aliphatic heterocycles. The van der Waals surface area contributed by atoms with Crippen molar-refractivity contribution in [3.05, 3.63) is 27.6 Å². The molecule has 90 valence electrons. The predicted molar refractivity (Wildman–Crippen MR) is 67.7 cm³/mol. The number of rotatable bonds is 3. The van der Waals surface area contributed by atoms with Crippen molar-refractivity contribution in [3.63, 3.8) is 0 Å². The zero-order valence-corrected chi connectivity index (χ0v) is 11.7. The van der Waals surface area contributed by atoms with E-state index in [0.29, 0.717) is 27.8 Å². The molecule has 2 heterocycles. The molecule has 0 spiro atoms. The number of aromatic nitrogens is 4. The Bertz CT molecular complexity index is 543. The van der Waals surface area contributed by atoms with Crippen LogP contribution in [-0.2, 0) is 18.4 Å². The van der Waals surface area contributed by atoms with Gasteiger partial charge in [-0.1, -0.05) is 11.6 Å². The van der Waals surface area contributed by atoms with Crippen LogP contribution in [0, 0.1) is 0 Å². The molecule has 17 heavy (non-hydrogen) atoms. The van der Waals surface area contributed by atoms with Crippen LogP contribution in [0.2, 0.25) is 5.15 Å². The van der Waals surface area contributed by atoms with Gasteiger partial charge in [0.2, 0.25) is 0 Å². The van der Waals surface area contributed by atoms with Gasteiger partial charge in [-0.15, -0.1) is 0 Å². The highest BCUT2D eigenvalue weighted by molar-refractivity contribution is 9.10. The molecule has 0 atom stereocenters. The quantitative estimate of drug-likeness (QED) is 0.816. The van der Waals surface area contributed by atoms with E-state index in [-0.39, 0.29) is 0 Å². The summed E-state index contributed by atoms with van der Waals surface area (Å²) in [5.74, 6) is 0.533. The molecule has 0 saturated carbocycles. The van der Waals surface area contributed by atoms with E-state index < -0.39 is 0 Å². The second kappa shape index (κ2) is 5.12. The van der Waals surface area contributed by atoms with Crippen LogP contribution in [0.3, 0.4) is 0 Å². The molecule has 0 saturated heterocycles. The Balaban J connectivity index is 2.53. The maximum Gasteiger partial charge on any atom is 0.179 e. The van der Waals surface area contributed by atoms with Gasteiger partial charge in [0, 0.05) is 20.4 Å². The van der Waals surface area contributed by atoms with Crippen molar-refractivity contribution >= 4 is 27.5 Å². The van der Waals surface area contributed by atoms with Crippen molar-refractivity contribution in [2.24, 2.45) is 7.05 Å². The number of nitrogens with zero attached hydrogens (tertiary/aromatic N) is 4. The number of hydrogen-bond donors (Lipinski definition) is 0. The van der Waals surface area contributed by atoms with E-state index in [1.165, 1.54) is 0 Å². The van der Waals surface area contributed by atoms with Crippen LogP contribution >= 0.6 is 27.5 Å². The van der Waals surface area contributed by atoms with E-state index >= 15 is 0 Å². The first kappa shape index (κ1) is 12.5. The van der Waals surface area contributed by atoms with E-state index in [1.807, 2.05) is 13.1 Å². The van der Waals surface area contributed by atoms with Crippen LogP contribution < -0.4 is 0 Å². The predicted octanol–water partition coefficient (Wildman–Crippen LogP) is 2.44. The van der Waals surface area contributed by atoms with E-state index in [4.69, 9.17) is 16.3 Å². The molecule has 0 N–H and O–H groups in total. The third kappa shape index (κ3) is 2.48. The van der Waals surface area contributed by atoms with Crippen molar-refractivity contribution in [1.82, 2.24) is 19.7 Å². The molecular formula is C10H10BrClN4O. The maximum atomic E-state index is 6.04. The van der Waals surface area contributed by atoms with E-state index in [1.54, 1.807) is 18.0 Å². The second-order valence-electron chi connectivity index (χ2n) is 3.37. The fourth-order valence-electron chi connectivity index (χ4n) is 1.40. The van der Waals surface area contributed by atoms with Crippen LogP contribution in [0.4, 0.5) is 0 Å². The molecule has 0 amide bonds. The van der Waals surface area contributed by atoms with Crippen LogP contribution in [0.25, 0.3) is 11.5 Å². The van der Waals surface area contributed by atoms with Crippen LogP contribution in [0.5, 0.6) is 0 Å². The monoisotopic (exact) mass is 316 g/mol. The van der Waals surface area contributed by atoms with Gasteiger partial charge in [0.05, 0.1) is 16.8 Å². The largest absolute Gasteiger partial charge is 0.378 e. The van der Waals surface area contributed by atoms with Crippen molar-refractivity contribution in [2.45, 2.75) is 6.61 Å². The van der Waals surface area contributed by atoms with Crippen LogP contribution in [0.1, 0.15) is 5.69 Å². The van der Waals surface area contributed by atoms with Gasteiger partial charge in [0.25, 0.3) is 0 Å². The first-order chi connectivity index (χ1) is 8.13. The minimum atomic E-state index is 0.364. The molecule has 0 aliphatic rings. The molecule has 7 heteroatoms. The lowest BCUT2D eigenvalue weighted by atomic mass is 10.3. The summed E-state index contributed by atoms with van der Waals surface area (Å²) in [5, 5.41) is 4.44. The van der Waals surface area contributed by atoms with E-state index in [2.05, 4.69) is 31.0 Å². The highest BCUT2D eigenvalue weighted by Gasteiger charge is 2.13. The second-order valence-corrected chi connectivity index (χ2v) is 4.52. The lowest BCUT2D eigenvalue weighted by molar-refractivity contribution is 0.181. The molecule has 2 rings (SSSR count). The van der Waals surface area contributed by atoms with Gasteiger partial charge in [0.15, 0.2) is 5.82 Å². The Hall–Kier alpha value is -0.980. The summed E-state index contributed by atoms with van der Waals surface area (Å²) in [6.07, 6.45) is 1.69. The molecule has 0 unspecified atom stereocenters. The number of aryl methyl sites for hydroxylation is 1. The summed E-state index contributed by atoms with van der Waals surface area (Å²) in [4.78, 5) is 8.61. The molecular weight excluding hydrogens is 307 g/mol. The van der Waals surface area contributed by atoms with Gasteiger partial charge in [-0.25, -0.2) is 9.97 Å². The standard InChI is InChI=1S/C10H10BrClN4O/c1-16-7(3-4-13-16)10-14-6(5-17-2)8(11)9(12)15-10/h3-4H,5H2,1-2H3. The Morgan fingerprint density at radius 1 is 1.47 bits per heavy atom. The van der Waals surface area contributed by atoms with Gasteiger partial charge in [0.1, 0.15) is 10.8 Å². The topological polar surface area (TPSA) is 52.8 Å². The summed E-state index contributed by atoms with van der Waals surface area (Å²) in [6.45, 7) is 0.369. The fourth-order valence-corrected chi connectivity index (χ4v) is 1.88. The summed E-state index contributed by atoms with van der Waals surface area (Å²) in [5.41, 5.74) is 1.51. The molecule has 0 bridgehead atoms. The summed E-state index contributed by atoms with van der Waals surface area (Å²) in [6, 6.07) is 1.83. The van der Waals surface area contributed by atoms with E-state index in [9.17, 15) is 0 Å². The third-order valence-electron chi connectivity index (χ3n) is 2.21. The van der Waals surface area contributed by atoms with Gasteiger partial charge in [-0.3, -0.25) is 4.68 Å². The molecule has 0 fully saturated rings. The lowest BCUT2D eigenvalue weighted by Gasteiger charge is -2.07. The minimum absolute atomic E-state index is 0.364. The zero-order chi connectivity index (χ0) is 12.4. The van der Waals surface area contributed by atoms with E-state index in [0.717, 1.165) is 5.69 Å². The first-order valence-electron chi connectivity index (χ1n) is 4.82. The zero-order valence-electron chi connectivity index (χ0n) is 9.31. The van der Waals surface area contributed by atoms with Crippen LogP contribution in [0.15, 0.2) is 16.7 Å². The molecule has 5 nitrogen and oxygen atoms in total. The normalized spacial score (nSPS) is 10.8. The molecule has 2 aromatic heterocycles. The summed E-state index contributed by atoms with van der Waals surface area (Å²) >= 11 is 9.38. The molecule has 0 aromatic carbocycles. The molecule has 2 aromatic rings. The van der Waals surface area contributed by atoms with Crippen molar-refractivity contribution < 1.29 is 4.74 Å². The number of halogens is 2. The first-order valence-corrected chi connectivity index (χ1v) is 5.99. The lowest BCUT2D eigenvalue weighted by Crippen LogP contribution is -2.03. The highest BCUT2D eigenvalue weighted by Crippen LogP contribution is 2.27. The number of ether oxygens (including phenoxy) is 1. The van der Waals surface area contributed by atoms with Gasteiger partial charge in [-0.05, 0) is 22.0 Å². The maximum absolute atomic E-state index is 6.04. The van der Waals surface area contributed by atoms with Crippen LogP contribution in [-0.4, -0.2) is 26.9 Å². The Morgan fingerprint density at radius 2 is 2.24 bits per heavy atom. The fraction of sp³-hybridized carbons (Fsp3) is 0.300. The number of hydrogen-bond acceptors (Lipinski definition) is 4. The Morgan fingerprint density at radius 3 is 2.82 bits per heavy atom. The summed E-state index contributed by atoms with van der Waals surface area (Å²) < 4.78 is 7.41. The van der Waals surface area contributed by atoms with Crippen molar-refractivity contribution in [2.75, 3.05) is 7.11 Å². The molecule has 0 aliphatic carbocycles. The molecule has 0 radical (unpaired) electrons. The van der Waals surface area contributed by atoms with Crippen molar-refractivity contribution in [3.8, 4) is 11.5 Å². The van der Waals surface area contributed by atoms with Gasteiger partial charge in [-0.2, -0.15) is 5.10 Å². The Labute approximate surface area is 112 Å². The van der Waals surface area contributed by atoms with Gasteiger partial charge >= 0.3 is 0 Å². The van der Waals surface area contributed by atoms with Gasteiger partial charge < -0.3 is 4.74 Å². The number of methoxy groups -OCH3 is 1. The third-order valence-corrected chi connectivity index (χ3v) is 3.55. The average molecular weight is 318 g/mol. The SMILES string of the molecule is COCc1nc(-c2ccnn2C)nc(Cl)c1Br. The summed E-state index contributed by atoms with van der Waals surface area (Å²) in [7, 11) is 3.43. The minimum Gasteiger partial charge on any atom is -0.378 e.